The van der Waals surface area contributed by atoms with Gasteiger partial charge < -0.3 is 10.3 Å². The van der Waals surface area contributed by atoms with Gasteiger partial charge in [-0.2, -0.15) is 0 Å². The molecule has 0 bridgehead atoms. The van der Waals surface area contributed by atoms with Crippen LogP contribution in [0.15, 0.2) is 85.1 Å². The van der Waals surface area contributed by atoms with Gasteiger partial charge in [-0.25, -0.2) is 0 Å². The number of nitrogens with one attached hydrogen (secondary N) is 2. The number of aromatic amines is 1. The van der Waals surface area contributed by atoms with Crippen molar-refractivity contribution in [3.63, 3.8) is 0 Å². The van der Waals surface area contributed by atoms with E-state index in [1.165, 1.54) is 22.1 Å². The number of carbonyl (C=O) groups is 1. The molecule has 0 unspecified atom stereocenters. The summed E-state index contributed by atoms with van der Waals surface area (Å²) in [6.45, 7) is 0.642. The molecule has 0 aliphatic rings. The van der Waals surface area contributed by atoms with Gasteiger partial charge >= 0.3 is 0 Å². The zero-order valence-corrected chi connectivity index (χ0v) is 15.1. The molecule has 0 spiro atoms. The summed E-state index contributed by atoms with van der Waals surface area (Å²) >= 11 is 0. The fourth-order valence-electron chi connectivity index (χ4n) is 3.37. The summed E-state index contributed by atoms with van der Waals surface area (Å²) < 4.78 is 0. The van der Waals surface area contributed by atoms with Crippen LogP contribution in [0.1, 0.15) is 11.1 Å². The van der Waals surface area contributed by atoms with Crippen LogP contribution in [-0.4, -0.2) is 17.4 Å². The lowest BCUT2D eigenvalue weighted by molar-refractivity contribution is -0.120. The van der Waals surface area contributed by atoms with E-state index in [9.17, 15) is 4.79 Å². The zero-order chi connectivity index (χ0) is 18.5. The minimum absolute atomic E-state index is 0.0577. The minimum atomic E-state index is 0.0577. The van der Waals surface area contributed by atoms with Crippen LogP contribution in [-0.2, 0) is 17.6 Å². The zero-order valence-electron chi connectivity index (χ0n) is 15.1. The van der Waals surface area contributed by atoms with Crippen LogP contribution in [0.3, 0.4) is 0 Å². The van der Waals surface area contributed by atoms with E-state index in [-0.39, 0.29) is 5.91 Å². The van der Waals surface area contributed by atoms with E-state index in [0.29, 0.717) is 13.0 Å². The number of benzene rings is 3. The molecule has 2 N–H and O–H groups in total. The number of rotatable bonds is 6. The van der Waals surface area contributed by atoms with E-state index in [2.05, 4.69) is 46.7 Å². The number of carbonyl (C=O) groups excluding carboxylic acids is 1. The van der Waals surface area contributed by atoms with Gasteiger partial charge in [0.2, 0.25) is 5.91 Å². The van der Waals surface area contributed by atoms with E-state index < -0.39 is 0 Å². The SMILES string of the molecule is O=C(Cc1ccc(-c2ccccc2)cc1)NCCc1c[nH]c2ccccc12. The maximum absolute atomic E-state index is 12.2. The van der Waals surface area contributed by atoms with Gasteiger partial charge in [0.05, 0.1) is 6.42 Å². The Balaban J connectivity index is 1.30. The Morgan fingerprint density at radius 2 is 1.52 bits per heavy atom. The first kappa shape index (κ1) is 17.1. The number of hydrogen-bond donors (Lipinski definition) is 2. The Kier molecular flexibility index (Phi) is 5.01. The van der Waals surface area contributed by atoms with Crippen LogP contribution in [0, 0.1) is 0 Å². The normalized spacial score (nSPS) is 10.8. The molecule has 4 rings (SSSR count). The molecule has 0 aliphatic heterocycles. The van der Waals surface area contributed by atoms with E-state index in [1.807, 2.05) is 48.7 Å². The van der Waals surface area contributed by atoms with E-state index >= 15 is 0 Å². The Morgan fingerprint density at radius 1 is 0.815 bits per heavy atom. The molecule has 0 atom stereocenters. The Morgan fingerprint density at radius 3 is 2.33 bits per heavy atom. The summed E-state index contributed by atoms with van der Waals surface area (Å²) in [6.07, 6.45) is 3.25. The molecule has 1 amide bonds. The number of aromatic nitrogens is 1. The molecule has 3 aromatic carbocycles. The first-order valence-electron chi connectivity index (χ1n) is 9.26. The third-order valence-corrected chi connectivity index (χ3v) is 4.82. The van der Waals surface area contributed by atoms with Crippen molar-refractivity contribution in [3.8, 4) is 11.1 Å². The van der Waals surface area contributed by atoms with Crippen molar-refractivity contribution in [1.29, 1.82) is 0 Å². The number of para-hydroxylation sites is 1. The molecule has 1 heterocycles. The fraction of sp³-hybridized carbons (Fsp3) is 0.125. The Labute approximate surface area is 159 Å². The molecule has 0 fully saturated rings. The molecule has 0 aliphatic carbocycles. The van der Waals surface area contributed by atoms with Crippen LogP contribution in [0.4, 0.5) is 0 Å². The van der Waals surface area contributed by atoms with Gasteiger partial charge in [-0.15, -0.1) is 0 Å². The number of amides is 1. The largest absolute Gasteiger partial charge is 0.361 e. The van der Waals surface area contributed by atoms with Gasteiger partial charge in [0.15, 0.2) is 0 Å². The van der Waals surface area contributed by atoms with Crippen LogP contribution in [0.5, 0.6) is 0 Å². The quantitative estimate of drug-likeness (QED) is 0.516. The molecular formula is C24H22N2O. The lowest BCUT2D eigenvalue weighted by Gasteiger charge is -2.06. The lowest BCUT2D eigenvalue weighted by Crippen LogP contribution is -2.27. The monoisotopic (exact) mass is 354 g/mol. The maximum atomic E-state index is 12.2. The van der Waals surface area contributed by atoms with Crippen molar-refractivity contribution < 1.29 is 4.79 Å². The van der Waals surface area contributed by atoms with Gasteiger partial charge in [0.25, 0.3) is 0 Å². The second-order valence-corrected chi connectivity index (χ2v) is 6.70. The standard InChI is InChI=1S/C24H22N2O/c27-24(25-15-14-21-17-26-23-9-5-4-8-22(21)23)16-18-10-12-20(13-11-18)19-6-2-1-3-7-19/h1-13,17,26H,14-16H2,(H,25,27). The lowest BCUT2D eigenvalue weighted by atomic mass is 10.0. The van der Waals surface area contributed by atoms with Gasteiger partial charge in [0, 0.05) is 23.6 Å². The van der Waals surface area contributed by atoms with E-state index in [4.69, 9.17) is 0 Å². The fourth-order valence-corrected chi connectivity index (χ4v) is 3.37. The van der Waals surface area contributed by atoms with E-state index in [0.717, 1.165) is 17.5 Å². The highest BCUT2D eigenvalue weighted by Crippen LogP contribution is 2.20. The van der Waals surface area contributed by atoms with Crippen molar-refractivity contribution in [2.24, 2.45) is 0 Å². The van der Waals surface area contributed by atoms with Gasteiger partial charge in [-0.1, -0.05) is 72.8 Å². The number of hydrogen-bond acceptors (Lipinski definition) is 1. The molecule has 3 heteroatoms. The van der Waals surface area contributed by atoms with Gasteiger partial charge in [-0.05, 0) is 34.7 Å². The molecule has 0 saturated carbocycles. The molecule has 1 aromatic heterocycles. The van der Waals surface area contributed by atoms with Crippen molar-refractivity contribution in [2.45, 2.75) is 12.8 Å². The molecule has 0 radical (unpaired) electrons. The average molecular weight is 354 g/mol. The van der Waals surface area contributed by atoms with Crippen molar-refractivity contribution in [3.05, 3.63) is 96.2 Å². The highest BCUT2D eigenvalue weighted by molar-refractivity contribution is 5.83. The predicted octanol–water partition coefficient (Wildman–Crippen LogP) is 4.74. The summed E-state index contributed by atoms with van der Waals surface area (Å²) in [5.74, 6) is 0.0577. The average Bonchev–Trinajstić information content (AvgIpc) is 3.12. The van der Waals surface area contributed by atoms with Crippen LogP contribution >= 0.6 is 0 Å². The van der Waals surface area contributed by atoms with Crippen molar-refractivity contribution >= 4 is 16.8 Å². The van der Waals surface area contributed by atoms with Gasteiger partial charge in [-0.3, -0.25) is 4.79 Å². The second-order valence-electron chi connectivity index (χ2n) is 6.70. The molecule has 3 nitrogen and oxygen atoms in total. The third kappa shape index (κ3) is 4.09. The van der Waals surface area contributed by atoms with Crippen LogP contribution < -0.4 is 5.32 Å². The summed E-state index contributed by atoms with van der Waals surface area (Å²) in [6, 6.07) is 26.7. The molecule has 4 aromatic rings. The predicted molar refractivity (Wildman–Crippen MR) is 111 cm³/mol. The van der Waals surface area contributed by atoms with Gasteiger partial charge in [0.1, 0.15) is 0 Å². The molecule has 0 saturated heterocycles. The number of fused-ring (bicyclic) bond motifs is 1. The minimum Gasteiger partial charge on any atom is -0.361 e. The first-order valence-corrected chi connectivity index (χ1v) is 9.26. The molecule has 27 heavy (non-hydrogen) atoms. The summed E-state index contributed by atoms with van der Waals surface area (Å²) in [5, 5.41) is 4.25. The topological polar surface area (TPSA) is 44.9 Å². The second kappa shape index (κ2) is 7.92. The first-order chi connectivity index (χ1) is 13.3. The van der Waals surface area contributed by atoms with E-state index in [1.54, 1.807) is 0 Å². The Hall–Kier alpha value is -3.33. The van der Waals surface area contributed by atoms with Crippen LogP contribution in [0.2, 0.25) is 0 Å². The summed E-state index contributed by atoms with van der Waals surface area (Å²) in [4.78, 5) is 15.5. The maximum Gasteiger partial charge on any atom is 0.224 e. The highest BCUT2D eigenvalue weighted by atomic mass is 16.1. The summed E-state index contributed by atoms with van der Waals surface area (Å²) in [7, 11) is 0. The summed E-state index contributed by atoms with van der Waals surface area (Å²) in [5.41, 5.74) is 5.75. The highest BCUT2D eigenvalue weighted by Gasteiger charge is 2.06. The Bertz CT molecular complexity index is 1030. The smallest absolute Gasteiger partial charge is 0.224 e. The van der Waals surface area contributed by atoms with Crippen molar-refractivity contribution in [2.75, 3.05) is 6.54 Å². The number of H-pyrrole nitrogens is 1. The third-order valence-electron chi connectivity index (χ3n) is 4.82. The molecule has 134 valence electrons. The van der Waals surface area contributed by atoms with Crippen molar-refractivity contribution in [1.82, 2.24) is 10.3 Å². The van der Waals surface area contributed by atoms with Crippen LogP contribution in [0.25, 0.3) is 22.0 Å². The molecular weight excluding hydrogens is 332 g/mol.